The number of nitrogens with zero attached hydrogens (tertiary/aromatic N) is 2. The van der Waals surface area contributed by atoms with Crippen LogP contribution in [0, 0.1) is 16.7 Å². The smallest absolute Gasteiger partial charge is 0.0583 e. The lowest BCUT2D eigenvalue weighted by molar-refractivity contribution is 0.194. The number of fused-ring (bicyclic) bond motifs is 2. The lowest BCUT2D eigenvalue weighted by atomic mass is 9.70. The first-order valence-corrected chi connectivity index (χ1v) is 7.68. The maximum Gasteiger partial charge on any atom is 0.0583 e. The van der Waals surface area contributed by atoms with Crippen molar-refractivity contribution in [2.24, 2.45) is 27.0 Å². The van der Waals surface area contributed by atoms with Crippen LogP contribution in [-0.2, 0) is 0 Å². The van der Waals surface area contributed by atoms with Crippen LogP contribution in [0.1, 0.15) is 45.6 Å². The van der Waals surface area contributed by atoms with Gasteiger partial charge in [-0.2, -0.15) is 10.2 Å². The fourth-order valence-corrected chi connectivity index (χ4v) is 4.00. The number of hydrogen-bond acceptors (Lipinski definition) is 2. The van der Waals surface area contributed by atoms with Gasteiger partial charge >= 0.3 is 0 Å². The van der Waals surface area contributed by atoms with Gasteiger partial charge in [0.1, 0.15) is 0 Å². The molecule has 0 N–H and O–H groups in total. The highest BCUT2D eigenvalue weighted by Crippen LogP contribution is 2.63. The topological polar surface area (TPSA) is 24.7 Å². The molecular formula is C17H21ClN2. The first-order chi connectivity index (χ1) is 9.45. The van der Waals surface area contributed by atoms with Crippen LogP contribution in [-0.4, -0.2) is 11.9 Å². The zero-order valence-corrected chi connectivity index (χ0v) is 13.1. The lowest BCUT2D eigenvalue weighted by Gasteiger charge is -2.34. The molecule has 2 fully saturated rings. The molecule has 0 aliphatic heterocycles. The van der Waals surface area contributed by atoms with Crippen LogP contribution in [0.3, 0.4) is 0 Å². The fraction of sp³-hybridized carbons (Fsp3) is 0.529. The Morgan fingerprint density at radius 3 is 2.60 bits per heavy atom. The highest BCUT2D eigenvalue weighted by atomic mass is 35.5. The van der Waals surface area contributed by atoms with Crippen LogP contribution in [0.4, 0.5) is 0 Å². The third-order valence-corrected chi connectivity index (χ3v) is 6.14. The Balaban J connectivity index is 1.84. The highest BCUT2D eigenvalue weighted by molar-refractivity contribution is 6.33. The predicted molar refractivity (Wildman–Crippen MR) is 85.7 cm³/mol. The predicted octanol–water partition coefficient (Wildman–Crippen LogP) is 4.96. The summed E-state index contributed by atoms with van der Waals surface area (Å²) in [6.45, 7) is 7.11. The van der Waals surface area contributed by atoms with Gasteiger partial charge in [0.05, 0.1) is 6.21 Å². The number of rotatable bonds is 2. The van der Waals surface area contributed by atoms with Gasteiger partial charge in [-0.15, -0.1) is 0 Å². The van der Waals surface area contributed by atoms with E-state index in [-0.39, 0.29) is 5.41 Å². The Labute approximate surface area is 125 Å². The summed E-state index contributed by atoms with van der Waals surface area (Å²) in [6.07, 6.45) is 5.43. The SMILES string of the molecule is CC12CCC(CC1=N/N=C/c1ccccc1Cl)C2(C)C. The van der Waals surface area contributed by atoms with Crippen LogP contribution in [0.25, 0.3) is 0 Å². The van der Waals surface area contributed by atoms with Crippen molar-refractivity contribution in [1.29, 1.82) is 0 Å². The van der Waals surface area contributed by atoms with E-state index in [1.165, 1.54) is 18.6 Å². The van der Waals surface area contributed by atoms with Crippen molar-refractivity contribution >= 4 is 23.5 Å². The molecule has 0 radical (unpaired) electrons. The van der Waals surface area contributed by atoms with Crippen LogP contribution in [0.15, 0.2) is 34.5 Å². The first kappa shape index (κ1) is 13.8. The van der Waals surface area contributed by atoms with Crippen LogP contribution in [0.5, 0.6) is 0 Å². The first-order valence-electron chi connectivity index (χ1n) is 7.30. The van der Waals surface area contributed by atoms with E-state index in [0.29, 0.717) is 5.41 Å². The minimum absolute atomic E-state index is 0.218. The second-order valence-corrected chi connectivity index (χ2v) is 7.21. The molecule has 2 aliphatic carbocycles. The monoisotopic (exact) mass is 288 g/mol. The summed E-state index contributed by atoms with van der Waals surface area (Å²) in [7, 11) is 0. The van der Waals surface area contributed by atoms with Gasteiger partial charge < -0.3 is 0 Å². The van der Waals surface area contributed by atoms with E-state index < -0.39 is 0 Å². The Kier molecular flexibility index (Phi) is 3.24. The minimum atomic E-state index is 0.218. The minimum Gasteiger partial charge on any atom is -0.160 e. The average Bonchev–Trinajstić information content (AvgIpc) is 2.74. The highest BCUT2D eigenvalue weighted by Gasteiger charge is 2.59. The van der Waals surface area contributed by atoms with Crippen molar-refractivity contribution in [1.82, 2.24) is 0 Å². The van der Waals surface area contributed by atoms with Gasteiger partial charge in [0.25, 0.3) is 0 Å². The second kappa shape index (κ2) is 4.70. The van der Waals surface area contributed by atoms with Gasteiger partial charge in [0.2, 0.25) is 0 Å². The lowest BCUT2D eigenvalue weighted by Crippen LogP contribution is -2.32. The Hall–Kier alpha value is -1.15. The van der Waals surface area contributed by atoms with Crippen molar-refractivity contribution < 1.29 is 0 Å². The normalized spacial score (nSPS) is 33.4. The molecular weight excluding hydrogens is 268 g/mol. The summed E-state index contributed by atoms with van der Waals surface area (Å²) in [6, 6.07) is 7.71. The molecule has 20 heavy (non-hydrogen) atoms. The molecule has 2 unspecified atom stereocenters. The molecule has 2 nitrogen and oxygen atoms in total. The summed E-state index contributed by atoms with van der Waals surface area (Å²) in [5.74, 6) is 0.766. The third kappa shape index (κ3) is 1.93. The van der Waals surface area contributed by atoms with E-state index in [1.807, 2.05) is 24.3 Å². The van der Waals surface area contributed by atoms with E-state index in [1.54, 1.807) is 6.21 Å². The summed E-state index contributed by atoms with van der Waals surface area (Å²) < 4.78 is 0. The molecule has 0 spiro atoms. The van der Waals surface area contributed by atoms with Gasteiger partial charge in [0.15, 0.2) is 0 Å². The second-order valence-electron chi connectivity index (χ2n) is 6.81. The molecule has 1 aromatic carbocycles. The van der Waals surface area contributed by atoms with Gasteiger partial charge in [-0.1, -0.05) is 50.6 Å². The molecule has 2 bridgehead atoms. The van der Waals surface area contributed by atoms with Gasteiger partial charge in [-0.3, -0.25) is 0 Å². The zero-order chi connectivity index (χ0) is 14.4. The molecule has 106 valence electrons. The number of benzene rings is 1. The van der Waals surface area contributed by atoms with E-state index in [0.717, 1.165) is 22.9 Å². The van der Waals surface area contributed by atoms with Gasteiger partial charge in [0, 0.05) is 21.7 Å². The van der Waals surface area contributed by atoms with E-state index in [4.69, 9.17) is 11.6 Å². The van der Waals surface area contributed by atoms with Crippen molar-refractivity contribution in [3.63, 3.8) is 0 Å². The van der Waals surface area contributed by atoms with Gasteiger partial charge in [-0.25, -0.2) is 0 Å². The van der Waals surface area contributed by atoms with Crippen molar-refractivity contribution in [3.8, 4) is 0 Å². The van der Waals surface area contributed by atoms with Crippen molar-refractivity contribution in [2.45, 2.75) is 40.0 Å². The molecule has 3 heteroatoms. The molecule has 2 saturated carbocycles. The van der Waals surface area contributed by atoms with Gasteiger partial charge in [-0.05, 0) is 36.7 Å². The van der Waals surface area contributed by atoms with E-state index >= 15 is 0 Å². The quantitative estimate of drug-likeness (QED) is 0.543. The van der Waals surface area contributed by atoms with Crippen LogP contribution in [0.2, 0.25) is 5.02 Å². The fourth-order valence-electron chi connectivity index (χ4n) is 3.82. The molecule has 0 amide bonds. The molecule has 0 saturated heterocycles. The Morgan fingerprint density at radius 1 is 1.25 bits per heavy atom. The number of halogens is 1. The maximum absolute atomic E-state index is 6.12. The van der Waals surface area contributed by atoms with Crippen molar-refractivity contribution in [3.05, 3.63) is 34.9 Å². The summed E-state index contributed by atoms with van der Waals surface area (Å²) in [4.78, 5) is 0. The molecule has 0 heterocycles. The maximum atomic E-state index is 6.12. The van der Waals surface area contributed by atoms with E-state index in [2.05, 4.69) is 31.0 Å². The van der Waals surface area contributed by atoms with Crippen LogP contribution >= 0.6 is 11.6 Å². The molecule has 2 atom stereocenters. The Bertz CT molecular complexity index is 588. The summed E-state index contributed by atoms with van der Waals surface area (Å²) >= 11 is 6.12. The molecule has 2 aliphatic rings. The average molecular weight is 289 g/mol. The number of hydrogen-bond donors (Lipinski definition) is 0. The molecule has 3 rings (SSSR count). The Morgan fingerprint density at radius 2 is 2.00 bits per heavy atom. The standard InChI is InChI=1S/C17H21ClN2/c1-16(2)13-8-9-17(16,3)15(10-13)20-19-11-12-6-4-5-7-14(12)18/h4-7,11,13H,8-10H2,1-3H3/b19-11+,20-15?. The zero-order valence-electron chi connectivity index (χ0n) is 12.4. The van der Waals surface area contributed by atoms with Crippen LogP contribution < -0.4 is 0 Å². The third-order valence-electron chi connectivity index (χ3n) is 5.79. The summed E-state index contributed by atoms with van der Waals surface area (Å²) in [5.41, 5.74) is 2.76. The largest absolute Gasteiger partial charge is 0.160 e. The van der Waals surface area contributed by atoms with E-state index in [9.17, 15) is 0 Å². The molecule has 1 aromatic rings. The summed E-state index contributed by atoms with van der Waals surface area (Å²) in [5, 5.41) is 9.55. The molecule has 0 aromatic heterocycles. The van der Waals surface area contributed by atoms with Crippen molar-refractivity contribution in [2.75, 3.05) is 0 Å².